The first-order valence-corrected chi connectivity index (χ1v) is 8.50. The van der Waals surface area contributed by atoms with Crippen LogP contribution in [0.15, 0.2) is 28.7 Å². The van der Waals surface area contributed by atoms with Crippen LogP contribution in [0.2, 0.25) is 0 Å². The van der Waals surface area contributed by atoms with E-state index < -0.39 is 0 Å². The van der Waals surface area contributed by atoms with Crippen molar-refractivity contribution in [1.29, 1.82) is 0 Å². The van der Waals surface area contributed by atoms with E-state index in [2.05, 4.69) is 26.6 Å². The number of rotatable bonds is 4. The summed E-state index contributed by atoms with van der Waals surface area (Å²) >= 11 is 3.46. The van der Waals surface area contributed by atoms with Crippen molar-refractivity contribution in [2.24, 2.45) is 5.92 Å². The molecular weight excluding hydrogens is 346 g/mol. The van der Waals surface area contributed by atoms with Gasteiger partial charge in [0.1, 0.15) is 0 Å². The molecule has 5 nitrogen and oxygen atoms in total. The van der Waals surface area contributed by atoms with E-state index in [0.717, 1.165) is 29.5 Å². The van der Waals surface area contributed by atoms with E-state index in [1.807, 2.05) is 24.3 Å². The molecule has 0 aliphatic carbocycles. The van der Waals surface area contributed by atoms with Crippen LogP contribution < -0.4 is 15.5 Å². The third kappa shape index (κ3) is 3.33. The Labute approximate surface area is 138 Å². The first-order valence-electron chi connectivity index (χ1n) is 7.71. The lowest BCUT2D eigenvalue weighted by Gasteiger charge is -2.18. The number of carbonyl (C=O) groups excluding carboxylic acids is 2. The van der Waals surface area contributed by atoms with Gasteiger partial charge < -0.3 is 15.5 Å². The van der Waals surface area contributed by atoms with E-state index >= 15 is 0 Å². The molecule has 6 heteroatoms. The minimum Gasteiger partial charge on any atom is -0.354 e. The zero-order chi connectivity index (χ0) is 15.5. The molecule has 0 radical (unpaired) electrons. The molecule has 0 spiro atoms. The average molecular weight is 366 g/mol. The Morgan fingerprint density at radius 3 is 2.95 bits per heavy atom. The molecular formula is C16H20BrN3O2. The van der Waals surface area contributed by atoms with Gasteiger partial charge in [0.15, 0.2) is 0 Å². The quantitative estimate of drug-likeness (QED) is 0.852. The molecule has 2 amide bonds. The van der Waals surface area contributed by atoms with E-state index in [1.54, 1.807) is 4.90 Å². The third-order valence-electron chi connectivity index (χ3n) is 4.32. The normalized spacial score (nSPS) is 24.8. The van der Waals surface area contributed by atoms with Crippen molar-refractivity contribution in [3.63, 3.8) is 0 Å². The summed E-state index contributed by atoms with van der Waals surface area (Å²) in [5.74, 6) is -0.274. The molecule has 1 aromatic rings. The predicted octanol–water partition coefficient (Wildman–Crippen LogP) is 1.67. The van der Waals surface area contributed by atoms with Gasteiger partial charge in [0.2, 0.25) is 11.8 Å². The molecule has 2 aliphatic heterocycles. The molecule has 0 aromatic heterocycles. The maximum atomic E-state index is 12.3. The lowest BCUT2D eigenvalue weighted by molar-refractivity contribution is -0.126. The van der Waals surface area contributed by atoms with Crippen LogP contribution in [0, 0.1) is 5.92 Å². The molecule has 2 N–H and O–H groups in total. The van der Waals surface area contributed by atoms with Crippen molar-refractivity contribution in [3.05, 3.63) is 28.7 Å². The molecule has 2 unspecified atom stereocenters. The summed E-state index contributed by atoms with van der Waals surface area (Å²) in [5.41, 5.74) is 0.834. The first-order chi connectivity index (χ1) is 10.6. The highest BCUT2D eigenvalue weighted by Gasteiger charge is 2.35. The van der Waals surface area contributed by atoms with E-state index in [0.29, 0.717) is 19.1 Å². The van der Waals surface area contributed by atoms with E-state index in [4.69, 9.17) is 0 Å². The number of para-hydroxylation sites is 1. The van der Waals surface area contributed by atoms with Crippen LogP contribution >= 0.6 is 15.9 Å². The van der Waals surface area contributed by atoms with Gasteiger partial charge in [-0.3, -0.25) is 9.59 Å². The Hall–Kier alpha value is -1.40. The van der Waals surface area contributed by atoms with E-state index in [9.17, 15) is 9.59 Å². The summed E-state index contributed by atoms with van der Waals surface area (Å²) in [5, 5.41) is 6.34. The van der Waals surface area contributed by atoms with Crippen molar-refractivity contribution >= 4 is 33.4 Å². The zero-order valence-electron chi connectivity index (χ0n) is 12.3. The van der Waals surface area contributed by atoms with Crippen molar-refractivity contribution in [3.8, 4) is 0 Å². The maximum absolute atomic E-state index is 12.3. The predicted molar refractivity (Wildman–Crippen MR) is 88.6 cm³/mol. The Morgan fingerprint density at radius 2 is 2.23 bits per heavy atom. The monoisotopic (exact) mass is 365 g/mol. The van der Waals surface area contributed by atoms with Crippen LogP contribution in [0.3, 0.4) is 0 Å². The minimum atomic E-state index is -0.263. The van der Waals surface area contributed by atoms with Gasteiger partial charge >= 0.3 is 0 Å². The Kier molecular flexibility index (Phi) is 4.78. The first kappa shape index (κ1) is 15.5. The fourth-order valence-corrected chi connectivity index (χ4v) is 3.58. The van der Waals surface area contributed by atoms with Crippen LogP contribution in [0.25, 0.3) is 0 Å². The average Bonchev–Trinajstić information content (AvgIpc) is 3.15. The number of amides is 2. The zero-order valence-corrected chi connectivity index (χ0v) is 13.9. The third-order valence-corrected chi connectivity index (χ3v) is 4.99. The van der Waals surface area contributed by atoms with Gasteiger partial charge in [-0.2, -0.15) is 0 Å². The summed E-state index contributed by atoms with van der Waals surface area (Å²) in [6.45, 7) is 2.13. The Morgan fingerprint density at radius 1 is 1.41 bits per heavy atom. The second-order valence-corrected chi connectivity index (χ2v) is 6.75. The van der Waals surface area contributed by atoms with E-state index in [-0.39, 0.29) is 24.2 Å². The Balaban J connectivity index is 1.59. The van der Waals surface area contributed by atoms with Gasteiger partial charge in [-0.15, -0.1) is 0 Å². The molecule has 2 atom stereocenters. The Bertz CT molecular complexity index is 572. The maximum Gasteiger partial charge on any atom is 0.227 e. The molecule has 0 bridgehead atoms. The molecule has 2 fully saturated rings. The fourth-order valence-electron chi connectivity index (χ4n) is 3.09. The van der Waals surface area contributed by atoms with Crippen LogP contribution in [-0.2, 0) is 9.59 Å². The standard InChI is InChI=1S/C16H20BrN3O2/c17-13-5-1-2-6-14(13)20-10-11(8-15(20)21)16(22)19-9-12-4-3-7-18-12/h1-2,5-6,11-12,18H,3-4,7-10H2,(H,19,22). The molecule has 2 saturated heterocycles. The smallest absolute Gasteiger partial charge is 0.227 e. The molecule has 1 aromatic carbocycles. The van der Waals surface area contributed by atoms with Crippen molar-refractivity contribution in [2.45, 2.75) is 25.3 Å². The lowest BCUT2D eigenvalue weighted by Crippen LogP contribution is -2.40. The molecule has 2 heterocycles. The highest BCUT2D eigenvalue weighted by molar-refractivity contribution is 9.10. The number of carbonyl (C=O) groups is 2. The molecule has 2 aliphatic rings. The number of anilines is 1. The van der Waals surface area contributed by atoms with Gasteiger partial charge in [0, 0.05) is 30.0 Å². The summed E-state index contributed by atoms with van der Waals surface area (Å²) in [6.07, 6.45) is 2.55. The number of hydrogen-bond acceptors (Lipinski definition) is 3. The van der Waals surface area contributed by atoms with Gasteiger partial charge in [0.25, 0.3) is 0 Å². The van der Waals surface area contributed by atoms with Crippen molar-refractivity contribution in [2.75, 3.05) is 24.5 Å². The summed E-state index contributed by atoms with van der Waals surface area (Å²) < 4.78 is 0.875. The topological polar surface area (TPSA) is 61.4 Å². The van der Waals surface area contributed by atoms with Crippen LogP contribution in [0.1, 0.15) is 19.3 Å². The number of benzene rings is 1. The van der Waals surface area contributed by atoms with Crippen molar-refractivity contribution in [1.82, 2.24) is 10.6 Å². The molecule has 0 saturated carbocycles. The molecule has 3 rings (SSSR count). The van der Waals surface area contributed by atoms with Crippen molar-refractivity contribution < 1.29 is 9.59 Å². The van der Waals surface area contributed by atoms with Gasteiger partial charge in [-0.25, -0.2) is 0 Å². The second-order valence-electron chi connectivity index (χ2n) is 5.90. The highest BCUT2D eigenvalue weighted by atomic mass is 79.9. The summed E-state index contributed by atoms with van der Waals surface area (Å²) in [4.78, 5) is 26.2. The SMILES string of the molecule is O=C(NCC1CCCN1)C1CC(=O)N(c2ccccc2Br)C1. The van der Waals surface area contributed by atoms with Gasteiger partial charge in [0.05, 0.1) is 11.6 Å². The number of nitrogens with zero attached hydrogens (tertiary/aromatic N) is 1. The fraction of sp³-hybridized carbons (Fsp3) is 0.500. The van der Waals surface area contributed by atoms with Crippen LogP contribution in [-0.4, -0.2) is 37.5 Å². The lowest BCUT2D eigenvalue weighted by atomic mass is 10.1. The number of halogens is 1. The molecule has 22 heavy (non-hydrogen) atoms. The van der Waals surface area contributed by atoms with E-state index in [1.165, 1.54) is 0 Å². The van der Waals surface area contributed by atoms with Crippen LogP contribution in [0.5, 0.6) is 0 Å². The van der Waals surface area contributed by atoms with Gasteiger partial charge in [-0.05, 0) is 47.4 Å². The second kappa shape index (κ2) is 6.79. The number of hydrogen-bond donors (Lipinski definition) is 2. The summed E-state index contributed by atoms with van der Waals surface area (Å²) in [6, 6.07) is 7.98. The number of nitrogens with one attached hydrogen (secondary N) is 2. The minimum absolute atomic E-state index is 0.00559. The van der Waals surface area contributed by atoms with Crippen LogP contribution in [0.4, 0.5) is 5.69 Å². The molecule has 118 valence electrons. The van der Waals surface area contributed by atoms with Gasteiger partial charge in [-0.1, -0.05) is 12.1 Å². The largest absolute Gasteiger partial charge is 0.354 e. The summed E-state index contributed by atoms with van der Waals surface area (Å²) in [7, 11) is 0. The highest BCUT2D eigenvalue weighted by Crippen LogP contribution is 2.31.